The fourth-order valence-corrected chi connectivity index (χ4v) is 5.80. The maximum Gasteiger partial charge on any atom is 0.332 e. The normalized spacial score (nSPS) is 15.1. The van der Waals surface area contributed by atoms with Gasteiger partial charge in [-0.25, -0.2) is 18.2 Å². The Labute approximate surface area is 196 Å². The van der Waals surface area contributed by atoms with Crippen molar-refractivity contribution in [1.82, 2.24) is 18.4 Å². The molecule has 0 aliphatic heterocycles. The number of anilines is 1. The zero-order valence-corrected chi connectivity index (χ0v) is 20.1. The summed E-state index contributed by atoms with van der Waals surface area (Å²) in [6, 6.07) is 7.28. The Balaban J connectivity index is 1.61. The predicted octanol–water partition coefficient (Wildman–Crippen LogP) is 1.84. The van der Waals surface area contributed by atoms with Crippen molar-refractivity contribution in [1.29, 1.82) is 0 Å². The number of hydrogen-bond donors (Lipinski definition) is 1. The third-order valence-electron chi connectivity index (χ3n) is 6.41. The van der Waals surface area contributed by atoms with E-state index in [9.17, 15) is 22.8 Å². The van der Waals surface area contributed by atoms with Crippen molar-refractivity contribution in [2.75, 3.05) is 12.4 Å². The highest BCUT2D eigenvalue weighted by molar-refractivity contribution is 7.89. The lowest BCUT2D eigenvalue weighted by molar-refractivity contribution is 0.102. The number of benzene rings is 1. The van der Waals surface area contributed by atoms with E-state index in [4.69, 9.17) is 0 Å². The van der Waals surface area contributed by atoms with E-state index in [1.54, 1.807) is 7.05 Å². The van der Waals surface area contributed by atoms with Gasteiger partial charge in [0.15, 0.2) is 0 Å². The minimum Gasteiger partial charge on any atom is -0.321 e. The molecule has 1 N–H and O–H groups in total. The number of nitrogens with one attached hydrogen (secondary N) is 1. The Kier molecular flexibility index (Phi) is 6.41. The van der Waals surface area contributed by atoms with Crippen LogP contribution >= 0.6 is 0 Å². The molecule has 0 spiro atoms. The average molecular weight is 486 g/mol. The third kappa shape index (κ3) is 4.28. The molecule has 34 heavy (non-hydrogen) atoms. The number of rotatable bonds is 5. The molecule has 2 heterocycles. The highest BCUT2D eigenvalue weighted by Crippen LogP contribution is 2.27. The van der Waals surface area contributed by atoms with Crippen LogP contribution in [0, 0.1) is 0 Å². The van der Waals surface area contributed by atoms with Gasteiger partial charge < -0.3 is 5.32 Å². The number of hydrogen-bond acceptors (Lipinski definition) is 6. The molecule has 1 aliphatic rings. The lowest BCUT2D eigenvalue weighted by Crippen LogP contribution is -2.38. The van der Waals surface area contributed by atoms with Crippen molar-refractivity contribution in [3.8, 4) is 0 Å². The number of amides is 1. The van der Waals surface area contributed by atoms with Crippen LogP contribution in [0.3, 0.4) is 0 Å². The van der Waals surface area contributed by atoms with E-state index in [0.717, 1.165) is 36.7 Å². The van der Waals surface area contributed by atoms with Gasteiger partial charge in [0.1, 0.15) is 5.65 Å². The lowest BCUT2D eigenvalue weighted by Gasteiger charge is -2.30. The van der Waals surface area contributed by atoms with Gasteiger partial charge in [0.25, 0.3) is 11.5 Å². The Bertz CT molecular complexity index is 1490. The molecule has 4 rings (SSSR count). The zero-order chi connectivity index (χ0) is 24.6. The first-order chi connectivity index (χ1) is 16.1. The predicted molar refractivity (Wildman–Crippen MR) is 128 cm³/mol. The van der Waals surface area contributed by atoms with Crippen LogP contribution < -0.4 is 16.6 Å². The second-order valence-electron chi connectivity index (χ2n) is 8.60. The summed E-state index contributed by atoms with van der Waals surface area (Å²) in [4.78, 5) is 41.7. The van der Waals surface area contributed by atoms with Gasteiger partial charge in [0, 0.05) is 32.7 Å². The maximum atomic E-state index is 13.2. The van der Waals surface area contributed by atoms with E-state index in [2.05, 4.69) is 10.3 Å². The van der Waals surface area contributed by atoms with Gasteiger partial charge in [-0.2, -0.15) is 4.31 Å². The van der Waals surface area contributed by atoms with Crippen molar-refractivity contribution in [2.45, 2.75) is 43.0 Å². The standard InChI is InChI=1S/C23H27N5O5S/c1-26-20-19(22(30)27(2)23(26)31)13-16(14-24-20)25-21(29)15-8-7-11-18(12-15)34(32,33)28(3)17-9-5-4-6-10-17/h7-8,11-14,17H,4-6,9-10H2,1-3H3,(H,25,29). The van der Waals surface area contributed by atoms with Gasteiger partial charge in [0.2, 0.25) is 10.0 Å². The summed E-state index contributed by atoms with van der Waals surface area (Å²) in [7, 11) is 0.711. The van der Waals surface area contributed by atoms with Gasteiger partial charge in [-0.05, 0) is 37.1 Å². The molecule has 1 aliphatic carbocycles. The van der Waals surface area contributed by atoms with E-state index in [1.165, 1.54) is 59.5 Å². The lowest BCUT2D eigenvalue weighted by atomic mass is 9.96. The zero-order valence-electron chi connectivity index (χ0n) is 19.3. The van der Waals surface area contributed by atoms with E-state index < -0.39 is 27.2 Å². The summed E-state index contributed by atoms with van der Waals surface area (Å²) in [6.07, 6.45) is 6.13. The number of sulfonamides is 1. The summed E-state index contributed by atoms with van der Waals surface area (Å²) in [5, 5.41) is 2.83. The molecule has 0 saturated heterocycles. The topological polar surface area (TPSA) is 123 Å². The molecule has 0 unspecified atom stereocenters. The van der Waals surface area contributed by atoms with Crippen LogP contribution in [0.5, 0.6) is 0 Å². The number of pyridine rings is 1. The molecule has 1 fully saturated rings. The summed E-state index contributed by atoms with van der Waals surface area (Å²) in [5.41, 5.74) is -0.420. The molecular weight excluding hydrogens is 458 g/mol. The molecule has 1 saturated carbocycles. The van der Waals surface area contributed by atoms with E-state index in [-0.39, 0.29) is 33.2 Å². The monoisotopic (exact) mass is 485 g/mol. The highest BCUT2D eigenvalue weighted by Gasteiger charge is 2.29. The Morgan fingerprint density at radius 2 is 1.79 bits per heavy atom. The Morgan fingerprint density at radius 3 is 2.50 bits per heavy atom. The largest absolute Gasteiger partial charge is 0.332 e. The SMILES string of the molecule is CN(C1CCCCC1)S(=O)(=O)c1cccc(C(=O)Nc2cnc3c(c2)c(=O)n(C)c(=O)n3C)c1. The Morgan fingerprint density at radius 1 is 1.09 bits per heavy atom. The van der Waals surface area contributed by atoms with Crippen molar-refractivity contribution in [3.05, 3.63) is 62.9 Å². The van der Waals surface area contributed by atoms with Crippen LogP contribution in [-0.4, -0.2) is 45.8 Å². The molecule has 1 aromatic carbocycles. The number of carbonyl (C=O) groups excluding carboxylic acids is 1. The fourth-order valence-electron chi connectivity index (χ4n) is 4.34. The number of aryl methyl sites for hydroxylation is 1. The van der Waals surface area contributed by atoms with Gasteiger partial charge in [0.05, 0.1) is 22.2 Å². The first-order valence-corrected chi connectivity index (χ1v) is 12.5. The molecule has 2 aromatic heterocycles. The molecular formula is C23H27N5O5S. The van der Waals surface area contributed by atoms with Crippen LogP contribution in [0.2, 0.25) is 0 Å². The van der Waals surface area contributed by atoms with Gasteiger partial charge >= 0.3 is 5.69 Å². The third-order valence-corrected chi connectivity index (χ3v) is 8.32. The Hall–Kier alpha value is -3.31. The number of carbonyl (C=O) groups is 1. The summed E-state index contributed by atoms with van der Waals surface area (Å²) in [5.74, 6) is -0.542. The van der Waals surface area contributed by atoms with Gasteiger partial charge in [-0.15, -0.1) is 0 Å². The molecule has 0 radical (unpaired) electrons. The molecule has 3 aromatic rings. The minimum atomic E-state index is -3.75. The second kappa shape index (κ2) is 9.15. The number of aromatic nitrogens is 3. The summed E-state index contributed by atoms with van der Waals surface area (Å²) < 4.78 is 29.9. The van der Waals surface area contributed by atoms with Gasteiger partial charge in [-0.1, -0.05) is 25.3 Å². The van der Waals surface area contributed by atoms with Crippen LogP contribution in [0.1, 0.15) is 42.5 Å². The van der Waals surface area contributed by atoms with E-state index >= 15 is 0 Å². The average Bonchev–Trinajstić information content (AvgIpc) is 2.86. The number of fused-ring (bicyclic) bond motifs is 1. The first-order valence-electron chi connectivity index (χ1n) is 11.1. The van der Waals surface area contributed by atoms with Crippen LogP contribution in [0.4, 0.5) is 5.69 Å². The molecule has 1 amide bonds. The van der Waals surface area contributed by atoms with E-state index in [1.807, 2.05) is 0 Å². The minimum absolute atomic E-state index is 0.0431. The van der Waals surface area contributed by atoms with Crippen LogP contribution in [0.25, 0.3) is 11.0 Å². The van der Waals surface area contributed by atoms with Crippen molar-refractivity contribution >= 4 is 32.7 Å². The smallest absolute Gasteiger partial charge is 0.321 e. The number of nitrogens with zero attached hydrogens (tertiary/aromatic N) is 4. The molecule has 0 bridgehead atoms. The second-order valence-corrected chi connectivity index (χ2v) is 10.6. The highest BCUT2D eigenvalue weighted by atomic mass is 32.2. The molecule has 180 valence electrons. The fraction of sp³-hybridized carbons (Fsp3) is 0.391. The maximum absolute atomic E-state index is 13.2. The quantitative estimate of drug-likeness (QED) is 0.588. The van der Waals surface area contributed by atoms with Gasteiger partial charge in [-0.3, -0.25) is 18.7 Å². The molecule has 11 heteroatoms. The van der Waals surface area contributed by atoms with E-state index in [0.29, 0.717) is 0 Å². The van der Waals surface area contributed by atoms with Crippen LogP contribution in [-0.2, 0) is 24.1 Å². The van der Waals surface area contributed by atoms with Crippen LogP contribution in [0.15, 0.2) is 51.0 Å². The molecule has 0 atom stereocenters. The van der Waals surface area contributed by atoms with Crippen molar-refractivity contribution in [2.24, 2.45) is 14.1 Å². The summed E-state index contributed by atoms with van der Waals surface area (Å²) in [6.45, 7) is 0. The molecule has 10 nitrogen and oxygen atoms in total. The van der Waals surface area contributed by atoms with Crippen molar-refractivity contribution < 1.29 is 13.2 Å². The summed E-state index contributed by atoms with van der Waals surface area (Å²) >= 11 is 0. The van der Waals surface area contributed by atoms with Crippen molar-refractivity contribution in [3.63, 3.8) is 0 Å². The first kappa shape index (κ1) is 23.8.